The first-order valence-corrected chi connectivity index (χ1v) is 9.04. The normalized spacial score (nSPS) is 19.6. The molecule has 1 fully saturated rings. The first kappa shape index (κ1) is 16.6. The number of carbonyl (C=O) groups excluding carboxylic acids is 1. The summed E-state index contributed by atoms with van der Waals surface area (Å²) in [5.74, 6) is 1.18. The Morgan fingerprint density at radius 3 is 2.86 bits per heavy atom. The van der Waals surface area contributed by atoms with Gasteiger partial charge in [0.25, 0.3) is 0 Å². The Kier molecular flexibility index (Phi) is 5.28. The maximum atomic E-state index is 12.1. The SMILES string of the molecule is COc1cccc(CN(C)C(=O)NCC2CCS(=O)(=O)C2)c1. The highest BCUT2D eigenvalue weighted by molar-refractivity contribution is 7.91. The van der Waals surface area contributed by atoms with Crippen LogP contribution in [0.3, 0.4) is 0 Å². The number of ether oxygens (including phenoxy) is 1. The summed E-state index contributed by atoms with van der Waals surface area (Å²) in [4.78, 5) is 13.6. The van der Waals surface area contributed by atoms with Crippen molar-refractivity contribution in [1.82, 2.24) is 10.2 Å². The number of nitrogens with one attached hydrogen (secondary N) is 1. The van der Waals surface area contributed by atoms with Crippen molar-refractivity contribution in [3.05, 3.63) is 29.8 Å². The highest BCUT2D eigenvalue weighted by atomic mass is 32.2. The van der Waals surface area contributed by atoms with Gasteiger partial charge in [0.15, 0.2) is 9.84 Å². The van der Waals surface area contributed by atoms with E-state index in [1.165, 1.54) is 0 Å². The van der Waals surface area contributed by atoms with Gasteiger partial charge in [0.05, 0.1) is 18.6 Å². The number of amides is 2. The van der Waals surface area contributed by atoms with E-state index in [0.29, 0.717) is 19.5 Å². The van der Waals surface area contributed by atoms with Crippen LogP contribution >= 0.6 is 0 Å². The predicted octanol–water partition coefficient (Wildman–Crippen LogP) is 1.27. The van der Waals surface area contributed by atoms with E-state index in [9.17, 15) is 13.2 Å². The van der Waals surface area contributed by atoms with Crippen molar-refractivity contribution in [3.63, 3.8) is 0 Å². The highest BCUT2D eigenvalue weighted by Crippen LogP contribution is 2.17. The predicted molar refractivity (Wildman–Crippen MR) is 84.6 cm³/mol. The van der Waals surface area contributed by atoms with Crippen LogP contribution in [0.4, 0.5) is 4.79 Å². The molecule has 2 amide bonds. The summed E-state index contributed by atoms with van der Waals surface area (Å²) < 4.78 is 27.9. The van der Waals surface area contributed by atoms with Crippen molar-refractivity contribution in [2.45, 2.75) is 13.0 Å². The van der Waals surface area contributed by atoms with Crippen LogP contribution in [0, 0.1) is 5.92 Å². The molecule has 1 atom stereocenters. The van der Waals surface area contributed by atoms with Crippen LogP contribution < -0.4 is 10.1 Å². The summed E-state index contributed by atoms with van der Waals surface area (Å²) >= 11 is 0. The number of nitrogens with zero attached hydrogens (tertiary/aromatic N) is 1. The molecular formula is C15H22N2O4S. The Bertz CT molecular complexity index is 630. The quantitative estimate of drug-likeness (QED) is 0.884. The van der Waals surface area contributed by atoms with Crippen LogP contribution in [0.15, 0.2) is 24.3 Å². The number of sulfone groups is 1. The molecule has 1 aliphatic rings. The maximum Gasteiger partial charge on any atom is 0.317 e. The Balaban J connectivity index is 1.82. The van der Waals surface area contributed by atoms with Crippen LogP contribution in [0.5, 0.6) is 5.75 Å². The molecule has 1 heterocycles. The standard InChI is InChI=1S/C15H22N2O4S/c1-17(10-12-4-3-5-14(8-12)21-2)15(18)16-9-13-6-7-22(19,20)11-13/h3-5,8,13H,6-7,9-11H2,1-2H3,(H,16,18). The van der Waals surface area contributed by atoms with Crippen LogP contribution in [0.2, 0.25) is 0 Å². The number of methoxy groups -OCH3 is 1. The minimum absolute atomic E-state index is 0.0270. The number of rotatable bonds is 5. The summed E-state index contributed by atoms with van der Waals surface area (Å²) in [7, 11) is 0.412. The molecule has 22 heavy (non-hydrogen) atoms. The van der Waals surface area contributed by atoms with Crippen LogP contribution in [-0.2, 0) is 16.4 Å². The summed E-state index contributed by atoms with van der Waals surface area (Å²) in [5, 5.41) is 2.80. The molecule has 2 rings (SSSR count). The Hall–Kier alpha value is -1.76. The molecule has 122 valence electrons. The van der Waals surface area contributed by atoms with E-state index in [-0.39, 0.29) is 23.5 Å². The van der Waals surface area contributed by atoms with Crippen molar-refractivity contribution in [3.8, 4) is 5.75 Å². The molecule has 1 aromatic carbocycles. The van der Waals surface area contributed by atoms with Gasteiger partial charge in [-0.25, -0.2) is 13.2 Å². The molecule has 0 saturated carbocycles. The van der Waals surface area contributed by atoms with Gasteiger partial charge in [0.1, 0.15) is 5.75 Å². The lowest BCUT2D eigenvalue weighted by atomic mass is 10.1. The molecule has 1 aromatic rings. The van der Waals surface area contributed by atoms with Crippen molar-refractivity contribution in [2.24, 2.45) is 5.92 Å². The Morgan fingerprint density at radius 1 is 1.45 bits per heavy atom. The van der Waals surface area contributed by atoms with E-state index < -0.39 is 9.84 Å². The van der Waals surface area contributed by atoms with Gasteiger partial charge in [-0.05, 0) is 30.0 Å². The van der Waals surface area contributed by atoms with Crippen LogP contribution in [0.1, 0.15) is 12.0 Å². The second-order valence-electron chi connectivity index (χ2n) is 5.66. The zero-order chi connectivity index (χ0) is 16.2. The van der Waals surface area contributed by atoms with Crippen molar-refractivity contribution >= 4 is 15.9 Å². The second-order valence-corrected chi connectivity index (χ2v) is 7.89. The average molecular weight is 326 g/mol. The minimum Gasteiger partial charge on any atom is -0.497 e. The fourth-order valence-electron chi connectivity index (χ4n) is 2.52. The molecule has 7 heteroatoms. The Labute approximate surface area is 131 Å². The number of hydrogen-bond donors (Lipinski definition) is 1. The lowest BCUT2D eigenvalue weighted by molar-refractivity contribution is 0.205. The first-order chi connectivity index (χ1) is 10.4. The fraction of sp³-hybridized carbons (Fsp3) is 0.533. The van der Waals surface area contributed by atoms with E-state index in [2.05, 4.69) is 5.32 Å². The van der Waals surface area contributed by atoms with E-state index in [1.54, 1.807) is 19.1 Å². The van der Waals surface area contributed by atoms with Crippen molar-refractivity contribution < 1.29 is 17.9 Å². The molecule has 6 nitrogen and oxygen atoms in total. The van der Waals surface area contributed by atoms with Crippen molar-refractivity contribution in [1.29, 1.82) is 0 Å². The van der Waals surface area contributed by atoms with Crippen LogP contribution in [-0.4, -0.2) is 51.6 Å². The van der Waals surface area contributed by atoms with Gasteiger partial charge in [0, 0.05) is 20.1 Å². The molecule has 1 saturated heterocycles. The molecular weight excluding hydrogens is 304 g/mol. The third-order valence-corrected chi connectivity index (χ3v) is 5.61. The molecule has 1 unspecified atom stereocenters. The van der Waals surface area contributed by atoms with E-state index >= 15 is 0 Å². The van der Waals surface area contributed by atoms with Gasteiger partial charge in [-0.1, -0.05) is 12.1 Å². The third-order valence-electron chi connectivity index (χ3n) is 3.77. The maximum absolute atomic E-state index is 12.1. The highest BCUT2D eigenvalue weighted by Gasteiger charge is 2.28. The van der Waals surface area contributed by atoms with Gasteiger partial charge in [0.2, 0.25) is 0 Å². The van der Waals surface area contributed by atoms with E-state index in [1.807, 2.05) is 24.3 Å². The van der Waals surface area contributed by atoms with Gasteiger partial charge < -0.3 is 15.0 Å². The molecule has 1 aliphatic heterocycles. The molecule has 0 aromatic heterocycles. The topological polar surface area (TPSA) is 75.7 Å². The molecule has 0 spiro atoms. The summed E-state index contributed by atoms with van der Waals surface area (Å²) in [6, 6.07) is 7.34. The molecule has 0 aliphatic carbocycles. The fourth-order valence-corrected chi connectivity index (χ4v) is 4.38. The third kappa shape index (κ3) is 4.62. The zero-order valence-electron chi connectivity index (χ0n) is 12.9. The number of urea groups is 1. The Morgan fingerprint density at radius 2 is 2.23 bits per heavy atom. The first-order valence-electron chi connectivity index (χ1n) is 7.22. The minimum atomic E-state index is -2.90. The van der Waals surface area contributed by atoms with Gasteiger partial charge >= 0.3 is 6.03 Å². The van der Waals surface area contributed by atoms with Gasteiger partial charge in [-0.15, -0.1) is 0 Å². The summed E-state index contributed by atoms with van der Waals surface area (Å²) in [6.07, 6.45) is 0.627. The molecule has 1 N–H and O–H groups in total. The van der Waals surface area contributed by atoms with E-state index in [0.717, 1.165) is 11.3 Å². The largest absolute Gasteiger partial charge is 0.497 e. The number of benzene rings is 1. The lowest BCUT2D eigenvalue weighted by Gasteiger charge is -2.19. The lowest BCUT2D eigenvalue weighted by Crippen LogP contribution is -2.39. The zero-order valence-corrected chi connectivity index (χ0v) is 13.7. The molecule has 0 bridgehead atoms. The van der Waals surface area contributed by atoms with Gasteiger partial charge in [-0.2, -0.15) is 0 Å². The summed E-state index contributed by atoms with van der Waals surface area (Å²) in [6.45, 7) is 0.868. The van der Waals surface area contributed by atoms with E-state index in [4.69, 9.17) is 4.74 Å². The van der Waals surface area contributed by atoms with Gasteiger partial charge in [-0.3, -0.25) is 0 Å². The number of carbonyl (C=O) groups is 1. The number of hydrogen-bond acceptors (Lipinski definition) is 4. The smallest absolute Gasteiger partial charge is 0.317 e. The summed E-state index contributed by atoms with van der Waals surface area (Å²) in [5.41, 5.74) is 0.973. The average Bonchev–Trinajstić information content (AvgIpc) is 2.84. The monoisotopic (exact) mass is 326 g/mol. The van der Waals surface area contributed by atoms with Crippen molar-refractivity contribution in [2.75, 3.05) is 32.2 Å². The second kappa shape index (κ2) is 7.00. The van der Waals surface area contributed by atoms with Crippen LogP contribution in [0.25, 0.3) is 0 Å². The molecule has 0 radical (unpaired) electrons.